The molecule has 2 rings (SSSR count). The first kappa shape index (κ1) is 11.6. The average molecular weight is 240 g/mol. The van der Waals surface area contributed by atoms with E-state index < -0.39 is 0 Å². The highest BCUT2D eigenvalue weighted by molar-refractivity contribution is 8.01. The second kappa shape index (κ2) is 4.55. The Morgan fingerprint density at radius 2 is 1.94 bits per heavy atom. The molecule has 0 atom stereocenters. The van der Waals surface area contributed by atoms with Gasteiger partial charge in [0.15, 0.2) is 11.5 Å². The second-order valence-corrected chi connectivity index (χ2v) is 5.50. The average Bonchev–Trinajstić information content (AvgIpc) is 3.09. The summed E-state index contributed by atoms with van der Waals surface area (Å²) in [5.41, 5.74) is 0. The number of methoxy groups -OCH3 is 2. The molecule has 1 aromatic rings. The highest BCUT2D eigenvalue weighted by Crippen LogP contribution is 2.52. The van der Waals surface area contributed by atoms with Gasteiger partial charge >= 0.3 is 0 Å². The zero-order chi connectivity index (χ0) is 11.6. The summed E-state index contributed by atoms with van der Waals surface area (Å²) in [6, 6.07) is 5.86. The van der Waals surface area contributed by atoms with Crippen LogP contribution in [0.4, 0.5) is 0 Å². The number of benzene rings is 1. The van der Waals surface area contributed by atoms with Crippen LogP contribution in [0.15, 0.2) is 23.1 Å². The molecule has 1 N–H and O–H groups in total. The molecule has 0 aromatic heterocycles. The van der Waals surface area contributed by atoms with Gasteiger partial charge in [-0.1, -0.05) is 0 Å². The zero-order valence-corrected chi connectivity index (χ0v) is 10.3. The fourth-order valence-electron chi connectivity index (χ4n) is 1.56. The lowest BCUT2D eigenvalue weighted by molar-refractivity contribution is 0.288. The topological polar surface area (TPSA) is 38.7 Å². The van der Waals surface area contributed by atoms with Gasteiger partial charge in [-0.2, -0.15) is 0 Å². The molecule has 16 heavy (non-hydrogen) atoms. The summed E-state index contributed by atoms with van der Waals surface area (Å²) in [5, 5.41) is 9.27. The summed E-state index contributed by atoms with van der Waals surface area (Å²) in [7, 11) is 3.26. The van der Waals surface area contributed by atoms with Gasteiger partial charge in [0.25, 0.3) is 0 Å². The molecule has 1 aliphatic rings. The van der Waals surface area contributed by atoms with Crippen molar-refractivity contribution in [2.24, 2.45) is 0 Å². The van der Waals surface area contributed by atoms with E-state index in [1.807, 2.05) is 18.2 Å². The molecule has 1 saturated carbocycles. The lowest BCUT2D eigenvalue weighted by Gasteiger charge is -2.13. The van der Waals surface area contributed by atoms with Crippen molar-refractivity contribution in [2.45, 2.75) is 22.5 Å². The van der Waals surface area contributed by atoms with Gasteiger partial charge in [-0.05, 0) is 31.0 Å². The molecule has 88 valence electrons. The molecular formula is C12H16O3S. The Labute approximate surface area is 99.8 Å². The summed E-state index contributed by atoms with van der Waals surface area (Å²) >= 11 is 1.72. The SMILES string of the molecule is COc1ccc(SC2(CO)CC2)cc1OC. The van der Waals surface area contributed by atoms with Crippen LogP contribution in [0, 0.1) is 0 Å². The fraction of sp³-hybridized carbons (Fsp3) is 0.500. The molecular weight excluding hydrogens is 224 g/mol. The van der Waals surface area contributed by atoms with Crippen molar-refractivity contribution < 1.29 is 14.6 Å². The monoisotopic (exact) mass is 240 g/mol. The number of hydrogen-bond donors (Lipinski definition) is 1. The van der Waals surface area contributed by atoms with E-state index in [-0.39, 0.29) is 11.4 Å². The van der Waals surface area contributed by atoms with Gasteiger partial charge in [0.2, 0.25) is 0 Å². The van der Waals surface area contributed by atoms with E-state index in [0.29, 0.717) is 0 Å². The fourth-order valence-corrected chi connectivity index (χ4v) is 2.73. The Bertz CT molecular complexity index is 375. The minimum Gasteiger partial charge on any atom is -0.493 e. The maximum absolute atomic E-state index is 9.27. The maximum atomic E-state index is 9.27. The lowest BCUT2D eigenvalue weighted by atomic mass is 10.3. The molecule has 1 aliphatic carbocycles. The van der Waals surface area contributed by atoms with Crippen molar-refractivity contribution in [1.82, 2.24) is 0 Å². The van der Waals surface area contributed by atoms with Crippen LogP contribution in [0.3, 0.4) is 0 Å². The van der Waals surface area contributed by atoms with Crippen LogP contribution in [0.1, 0.15) is 12.8 Å². The van der Waals surface area contributed by atoms with Gasteiger partial charge in [-0.3, -0.25) is 0 Å². The van der Waals surface area contributed by atoms with Crippen LogP contribution in [-0.4, -0.2) is 30.7 Å². The Kier molecular flexibility index (Phi) is 3.30. The van der Waals surface area contributed by atoms with Crippen molar-refractivity contribution in [1.29, 1.82) is 0 Å². The van der Waals surface area contributed by atoms with Crippen LogP contribution in [0.2, 0.25) is 0 Å². The zero-order valence-electron chi connectivity index (χ0n) is 9.53. The number of hydrogen-bond acceptors (Lipinski definition) is 4. The molecule has 3 nitrogen and oxygen atoms in total. The predicted molar refractivity (Wildman–Crippen MR) is 64.5 cm³/mol. The summed E-state index contributed by atoms with van der Waals surface area (Å²) in [6.45, 7) is 0.242. The highest BCUT2D eigenvalue weighted by atomic mass is 32.2. The first-order valence-electron chi connectivity index (χ1n) is 5.25. The van der Waals surface area contributed by atoms with Crippen molar-refractivity contribution in [3.8, 4) is 11.5 Å². The molecule has 0 aliphatic heterocycles. The van der Waals surface area contributed by atoms with E-state index in [1.54, 1.807) is 26.0 Å². The van der Waals surface area contributed by atoms with Crippen LogP contribution in [0.5, 0.6) is 11.5 Å². The van der Waals surface area contributed by atoms with Crippen molar-refractivity contribution in [3.63, 3.8) is 0 Å². The largest absolute Gasteiger partial charge is 0.493 e. The summed E-state index contributed by atoms with van der Waals surface area (Å²) in [5.74, 6) is 1.47. The first-order valence-corrected chi connectivity index (χ1v) is 6.06. The Balaban J connectivity index is 2.16. The number of aliphatic hydroxyl groups excluding tert-OH is 1. The molecule has 0 amide bonds. The van der Waals surface area contributed by atoms with Crippen molar-refractivity contribution in [2.75, 3.05) is 20.8 Å². The van der Waals surface area contributed by atoms with E-state index >= 15 is 0 Å². The Morgan fingerprint density at radius 1 is 1.25 bits per heavy atom. The lowest BCUT2D eigenvalue weighted by Crippen LogP contribution is -2.08. The van der Waals surface area contributed by atoms with Gasteiger partial charge in [-0.15, -0.1) is 11.8 Å². The quantitative estimate of drug-likeness (QED) is 0.857. The van der Waals surface area contributed by atoms with Crippen LogP contribution >= 0.6 is 11.8 Å². The molecule has 0 saturated heterocycles. The molecule has 0 bridgehead atoms. The first-order chi connectivity index (χ1) is 7.73. The molecule has 4 heteroatoms. The third-order valence-corrected chi connectivity index (χ3v) is 4.25. The molecule has 0 unspecified atom stereocenters. The van der Waals surface area contributed by atoms with Crippen LogP contribution in [0.25, 0.3) is 0 Å². The van der Waals surface area contributed by atoms with Gasteiger partial charge < -0.3 is 14.6 Å². The van der Waals surface area contributed by atoms with Gasteiger partial charge in [-0.25, -0.2) is 0 Å². The standard InChI is InChI=1S/C12H16O3S/c1-14-10-4-3-9(7-11(10)15-2)16-12(8-13)5-6-12/h3-4,7,13H,5-6,8H2,1-2H3. The van der Waals surface area contributed by atoms with E-state index in [9.17, 15) is 5.11 Å². The Hall–Kier alpha value is -0.870. The van der Waals surface area contributed by atoms with Gasteiger partial charge in [0, 0.05) is 9.64 Å². The highest BCUT2D eigenvalue weighted by Gasteiger charge is 2.43. The molecule has 0 spiro atoms. The summed E-state index contributed by atoms with van der Waals surface area (Å²) in [4.78, 5) is 1.12. The van der Waals surface area contributed by atoms with Crippen molar-refractivity contribution in [3.05, 3.63) is 18.2 Å². The van der Waals surface area contributed by atoms with Crippen LogP contribution in [-0.2, 0) is 0 Å². The second-order valence-electron chi connectivity index (χ2n) is 3.96. The summed E-state index contributed by atoms with van der Waals surface area (Å²) < 4.78 is 10.5. The predicted octanol–water partition coefficient (Wildman–Crippen LogP) is 2.32. The molecule has 1 aromatic carbocycles. The minimum atomic E-state index is 0.0552. The normalized spacial score (nSPS) is 16.9. The number of rotatable bonds is 5. The number of ether oxygens (including phenoxy) is 2. The van der Waals surface area contributed by atoms with E-state index in [1.165, 1.54) is 0 Å². The molecule has 1 fully saturated rings. The van der Waals surface area contributed by atoms with E-state index in [0.717, 1.165) is 29.2 Å². The third kappa shape index (κ3) is 2.28. The summed E-state index contributed by atoms with van der Waals surface area (Å²) in [6.07, 6.45) is 2.17. The van der Waals surface area contributed by atoms with E-state index in [4.69, 9.17) is 9.47 Å². The number of aliphatic hydroxyl groups is 1. The van der Waals surface area contributed by atoms with Gasteiger partial charge in [0.05, 0.1) is 20.8 Å². The maximum Gasteiger partial charge on any atom is 0.161 e. The number of thioether (sulfide) groups is 1. The van der Waals surface area contributed by atoms with Crippen LogP contribution < -0.4 is 9.47 Å². The molecule has 0 heterocycles. The Morgan fingerprint density at radius 3 is 2.44 bits per heavy atom. The third-order valence-electron chi connectivity index (χ3n) is 2.79. The minimum absolute atomic E-state index is 0.0552. The van der Waals surface area contributed by atoms with E-state index in [2.05, 4.69) is 0 Å². The van der Waals surface area contributed by atoms with Crippen molar-refractivity contribution >= 4 is 11.8 Å². The van der Waals surface area contributed by atoms with Gasteiger partial charge in [0.1, 0.15) is 0 Å². The molecule has 0 radical (unpaired) electrons. The smallest absolute Gasteiger partial charge is 0.161 e.